The van der Waals surface area contributed by atoms with Crippen LogP contribution in [0, 0.1) is 5.92 Å². The summed E-state index contributed by atoms with van der Waals surface area (Å²) in [6.07, 6.45) is 1.82. The molecule has 1 unspecified atom stereocenters. The van der Waals surface area contributed by atoms with Gasteiger partial charge in [-0.1, -0.05) is 13.8 Å². The monoisotopic (exact) mass is 419 g/mol. The lowest BCUT2D eigenvalue weighted by Gasteiger charge is -2.25. The van der Waals surface area contributed by atoms with E-state index in [1.165, 1.54) is 0 Å². The molecule has 2 fully saturated rings. The highest BCUT2D eigenvalue weighted by Crippen LogP contribution is 2.18. The zero-order valence-corrected chi connectivity index (χ0v) is 17.1. The average molecular weight is 419 g/mol. The van der Waals surface area contributed by atoms with Gasteiger partial charge in [-0.05, 0) is 25.3 Å². The van der Waals surface area contributed by atoms with Gasteiger partial charge in [0.15, 0.2) is 0 Å². The van der Waals surface area contributed by atoms with Crippen LogP contribution >= 0.6 is 0 Å². The summed E-state index contributed by atoms with van der Waals surface area (Å²) in [6, 6.07) is -0.133. The molecule has 0 radical (unpaired) electrons. The highest BCUT2D eigenvalue weighted by molar-refractivity contribution is 6.01. The van der Waals surface area contributed by atoms with Crippen LogP contribution < -0.4 is 10.6 Å². The van der Waals surface area contributed by atoms with Gasteiger partial charge in [-0.15, -0.1) is 5.06 Å². The van der Waals surface area contributed by atoms with E-state index in [4.69, 9.17) is 4.84 Å². The van der Waals surface area contributed by atoms with Crippen LogP contribution in [0.1, 0.15) is 52.4 Å². The first kappa shape index (κ1) is 22.8. The summed E-state index contributed by atoms with van der Waals surface area (Å²) in [7, 11) is 0. The van der Waals surface area contributed by atoms with E-state index in [1.807, 2.05) is 0 Å². The molecule has 162 valence electrons. The van der Waals surface area contributed by atoms with Gasteiger partial charge in [0.05, 0.1) is 12.5 Å². The first-order valence-electron chi connectivity index (χ1n) is 10.1. The third-order valence-electron chi connectivity index (χ3n) is 4.77. The molecule has 0 saturated carbocycles. The number of carbonyl (C=O) groups is 5. The molecular weight excluding hydrogens is 389 g/mol. The number of rotatable bonds is 10. The normalized spacial score (nSPS) is 19.7. The maximum atomic E-state index is 12.3. The molecule has 0 spiro atoms. The van der Waals surface area contributed by atoms with Crippen molar-refractivity contribution in [2.75, 3.05) is 26.2 Å². The topological polar surface area (TPSA) is 125 Å². The fourth-order valence-electron chi connectivity index (χ4n) is 3.43. The number of likely N-dealkylation sites (tertiary alicyclic amines) is 1. The van der Waals surface area contributed by atoms with Crippen LogP contribution in [0.15, 0.2) is 0 Å². The van der Waals surface area contributed by atoms with E-state index in [2.05, 4.69) is 29.4 Å². The Balaban J connectivity index is 1.58. The van der Waals surface area contributed by atoms with Crippen LogP contribution in [0.3, 0.4) is 0 Å². The van der Waals surface area contributed by atoms with Gasteiger partial charge >= 0.3 is 5.97 Å². The molecule has 2 N–H and O–H groups in total. The second-order valence-electron chi connectivity index (χ2n) is 7.73. The van der Waals surface area contributed by atoms with Crippen molar-refractivity contribution in [3.8, 4) is 0 Å². The molecule has 10 nitrogen and oxygen atoms in total. The fourth-order valence-corrected chi connectivity index (χ4v) is 3.43. The first-order chi connectivity index (χ1) is 13.8. The lowest BCUT2D eigenvalue weighted by atomic mass is 10.4. The molecule has 2 aliphatic rings. The molecule has 0 aromatic rings. The lowest BCUT2D eigenvalue weighted by molar-refractivity contribution is -0.197. The van der Waals surface area contributed by atoms with Crippen molar-refractivity contribution >= 4 is 29.6 Å². The molecule has 10 heteroatoms. The lowest BCUT2D eigenvalue weighted by Crippen LogP contribution is -2.45. The van der Waals surface area contributed by atoms with Gasteiger partial charge in [0.1, 0.15) is 0 Å². The Hall–Kier alpha value is -2.49. The Morgan fingerprint density at radius 3 is 2.38 bits per heavy atom. The van der Waals surface area contributed by atoms with Crippen molar-refractivity contribution in [2.24, 2.45) is 5.92 Å². The van der Waals surface area contributed by atoms with Gasteiger partial charge in [0.2, 0.25) is 11.8 Å². The molecule has 0 aromatic carbocycles. The van der Waals surface area contributed by atoms with Crippen molar-refractivity contribution in [3.63, 3.8) is 0 Å². The Morgan fingerprint density at radius 1 is 1.07 bits per heavy atom. The number of amides is 4. The molecular formula is C19H30N4O6. The van der Waals surface area contributed by atoms with E-state index >= 15 is 0 Å². The number of hydroxylamine groups is 2. The van der Waals surface area contributed by atoms with Crippen LogP contribution in [0.4, 0.5) is 0 Å². The summed E-state index contributed by atoms with van der Waals surface area (Å²) < 4.78 is 0. The predicted molar refractivity (Wildman–Crippen MR) is 102 cm³/mol. The number of nitrogens with one attached hydrogen (secondary N) is 2. The quantitative estimate of drug-likeness (QED) is 0.284. The van der Waals surface area contributed by atoms with Crippen LogP contribution in [0.25, 0.3) is 0 Å². The highest BCUT2D eigenvalue weighted by atomic mass is 16.8. The molecule has 2 rings (SSSR count). The van der Waals surface area contributed by atoms with Crippen LogP contribution in [-0.4, -0.2) is 71.8 Å². The van der Waals surface area contributed by atoms with Gasteiger partial charge in [-0.2, -0.15) is 0 Å². The van der Waals surface area contributed by atoms with Crippen molar-refractivity contribution < 1.29 is 28.8 Å². The van der Waals surface area contributed by atoms with Gasteiger partial charge in [-0.3, -0.25) is 24.1 Å². The molecule has 4 amide bonds. The number of hydrogen-bond acceptors (Lipinski definition) is 7. The standard InChI is InChI=1S/C19H30N4O6/c1-13(2)12-22-11-3-4-14(22)19(28)21-9-7-15(24)20-10-8-18(27)29-23-16(25)5-6-17(23)26/h13-14H,3-12H2,1-2H3,(H,20,24)(H,21,28)/i1+1,2+1,12+1,13+1,14+1,15+1,18+1,20+1,22+1. The van der Waals surface area contributed by atoms with Crippen LogP contribution in [0.2, 0.25) is 0 Å². The average Bonchev–Trinajstić information content (AvgIpc) is 3.22. The molecule has 2 saturated heterocycles. The van der Waals surface area contributed by atoms with Crippen LogP contribution in [0.5, 0.6) is 0 Å². The summed E-state index contributed by atoms with van der Waals surface area (Å²) in [5, 5.41) is 5.83. The van der Waals surface area contributed by atoms with Crippen molar-refractivity contribution in [1.29, 1.82) is 0 Å². The Labute approximate surface area is 170 Å². The Morgan fingerprint density at radius 2 is 1.72 bits per heavy atom. The van der Waals surface area contributed by atoms with E-state index in [0.29, 0.717) is 11.0 Å². The predicted octanol–water partition coefficient (Wildman–Crippen LogP) is -0.273. The van der Waals surface area contributed by atoms with Crippen LogP contribution in [-0.2, 0) is 28.8 Å². The number of imide groups is 1. The highest BCUT2D eigenvalue weighted by Gasteiger charge is 2.33. The van der Waals surface area contributed by atoms with E-state index in [9.17, 15) is 24.0 Å². The fraction of sp³-hybridized carbons (Fsp3) is 0.737. The molecule has 2 aliphatic heterocycles. The summed E-state index contributed by atoms with van der Waals surface area (Å²) in [6.45, 7) is 6.28. The minimum atomic E-state index is -0.770. The van der Waals surface area contributed by atoms with Gasteiger partial charge < -0.3 is 15.5 Å². The molecule has 0 bridgehead atoms. The minimum absolute atomic E-state index is 0.0205. The van der Waals surface area contributed by atoms with Crippen molar-refractivity contribution in [2.45, 2.75) is 58.4 Å². The second-order valence-corrected chi connectivity index (χ2v) is 7.73. The maximum absolute atomic E-state index is 12.3. The summed E-state index contributed by atoms with van der Waals surface area (Å²) in [5.74, 6) is -1.73. The zero-order chi connectivity index (χ0) is 21.4. The molecule has 1 atom stereocenters. The summed E-state index contributed by atoms with van der Waals surface area (Å²) >= 11 is 0. The van der Waals surface area contributed by atoms with Gasteiger partial charge in [-0.25, -0.2) is 4.79 Å². The van der Waals surface area contributed by atoms with Crippen molar-refractivity contribution in [3.05, 3.63) is 0 Å². The second kappa shape index (κ2) is 10.9. The number of hydrogen-bond donors (Lipinski definition) is 2. The van der Waals surface area contributed by atoms with Crippen molar-refractivity contribution in [1.82, 2.24) is 20.6 Å². The maximum Gasteiger partial charge on any atom is 0.334 e. The Bertz CT molecular complexity index is 635. The first-order valence-corrected chi connectivity index (χ1v) is 10.1. The molecule has 0 aromatic heterocycles. The van der Waals surface area contributed by atoms with Gasteiger partial charge in [0, 0.05) is 38.9 Å². The third-order valence-corrected chi connectivity index (χ3v) is 4.77. The zero-order valence-electron chi connectivity index (χ0n) is 17.1. The molecule has 2 heterocycles. The smallest absolute Gasteiger partial charge is 0.334 e. The molecule has 0 aliphatic carbocycles. The summed E-state index contributed by atoms with van der Waals surface area (Å²) in [5.41, 5.74) is 0. The van der Waals surface area contributed by atoms with Gasteiger partial charge in [0.25, 0.3) is 11.8 Å². The van der Waals surface area contributed by atoms with E-state index in [-0.39, 0.29) is 56.6 Å². The number of nitrogens with zero attached hydrogens (tertiary/aromatic N) is 2. The number of carbonyl (C=O) groups excluding carboxylic acids is 5. The largest absolute Gasteiger partial charge is 0.355 e. The summed E-state index contributed by atoms with van der Waals surface area (Å²) in [4.78, 5) is 65.4. The SMILES string of the molecule is [13CH3][13CH]([13CH3])[13CH2][15N]1CCC[13CH]1C(=O)NCC[13C](=O)[15NH]CC[13C](=O)ON1C(=O)CCC1=O. The van der Waals surface area contributed by atoms with E-state index in [0.717, 1.165) is 25.9 Å². The van der Waals surface area contributed by atoms with E-state index in [1.54, 1.807) is 0 Å². The minimum Gasteiger partial charge on any atom is -0.355 e. The molecule has 29 heavy (non-hydrogen) atoms. The van der Waals surface area contributed by atoms with E-state index < -0.39 is 17.8 Å². The Kier molecular flexibility index (Phi) is 8.56. The third kappa shape index (κ3) is 7.12.